The van der Waals surface area contributed by atoms with E-state index in [0.29, 0.717) is 30.5 Å². The second kappa shape index (κ2) is 6.49. The summed E-state index contributed by atoms with van der Waals surface area (Å²) < 4.78 is 41.6. The summed E-state index contributed by atoms with van der Waals surface area (Å²) in [5, 5.41) is 7.87. The van der Waals surface area contributed by atoms with Crippen molar-refractivity contribution in [3.05, 3.63) is 0 Å². The van der Waals surface area contributed by atoms with E-state index in [9.17, 15) is 8.78 Å². The van der Waals surface area contributed by atoms with Gasteiger partial charge in [0.15, 0.2) is 0 Å². The highest BCUT2D eigenvalue weighted by molar-refractivity contribution is 7.95. The highest BCUT2D eigenvalue weighted by Gasteiger charge is 2.55. The monoisotopic (exact) mass is 340 g/mol. The smallest absolute Gasteiger partial charge is 0.343 e. The van der Waals surface area contributed by atoms with Gasteiger partial charge in [-0.1, -0.05) is 5.04 Å². The fourth-order valence-corrected chi connectivity index (χ4v) is 5.44. The van der Waals surface area contributed by atoms with Gasteiger partial charge < -0.3 is 9.47 Å². The molecule has 2 unspecified atom stereocenters. The first kappa shape index (κ1) is 16.9. The molecular formula is C14H22F2O5S. The minimum Gasteiger partial charge on any atom is -0.381 e. The molecule has 0 aliphatic heterocycles. The predicted octanol–water partition coefficient (Wildman–Crippen LogP) is 3.51. The minimum absolute atomic E-state index is 0.0284. The van der Waals surface area contributed by atoms with E-state index in [1.807, 2.05) is 0 Å². The number of ether oxygens (including phenoxy) is 2. The Morgan fingerprint density at radius 3 is 2.50 bits per heavy atom. The number of hydrogen-bond acceptors (Lipinski definition) is 6. The summed E-state index contributed by atoms with van der Waals surface area (Å²) in [4.78, 5) is 0. The van der Waals surface area contributed by atoms with Crippen molar-refractivity contribution >= 4 is 12.0 Å². The first-order valence-corrected chi connectivity index (χ1v) is 8.35. The molecule has 5 nitrogen and oxygen atoms in total. The number of halogens is 2. The number of hydrogen-bond donors (Lipinski definition) is 1. The van der Waals surface area contributed by atoms with E-state index < -0.39 is 11.9 Å². The summed E-state index contributed by atoms with van der Waals surface area (Å²) in [6, 6.07) is 0. The summed E-state index contributed by atoms with van der Waals surface area (Å²) in [6.45, 7) is -0.403. The average molecular weight is 340 g/mol. The summed E-state index contributed by atoms with van der Waals surface area (Å²) in [7, 11) is 1.77. The normalized spacial score (nSPS) is 40.4. The van der Waals surface area contributed by atoms with Crippen LogP contribution in [0.4, 0.5) is 8.78 Å². The van der Waals surface area contributed by atoms with Gasteiger partial charge in [-0.3, -0.25) is 0 Å². The highest BCUT2D eigenvalue weighted by atomic mass is 32.2. The maximum absolute atomic E-state index is 13.4. The van der Waals surface area contributed by atoms with Crippen LogP contribution >= 0.6 is 12.0 Å². The van der Waals surface area contributed by atoms with Gasteiger partial charge in [0.2, 0.25) is 0 Å². The van der Waals surface area contributed by atoms with Crippen LogP contribution in [0.15, 0.2) is 0 Å². The van der Waals surface area contributed by atoms with Gasteiger partial charge in [-0.15, -0.1) is 4.33 Å². The molecule has 0 aromatic heterocycles. The molecule has 2 atom stereocenters. The van der Waals surface area contributed by atoms with Crippen molar-refractivity contribution in [2.75, 3.05) is 20.3 Å². The van der Waals surface area contributed by atoms with Crippen LogP contribution in [0, 0.1) is 23.2 Å². The Labute approximate surface area is 132 Å². The topological polar surface area (TPSA) is 57.2 Å². The molecule has 1 N–H and O–H groups in total. The van der Waals surface area contributed by atoms with E-state index in [-0.39, 0.29) is 17.5 Å². The van der Waals surface area contributed by atoms with Crippen LogP contribution < -0.4 is 0 Å². The quantitative estimate of drug-likeness (QED) is 0.415. The molecule has 4 bridgehead atoms. The van der Waals surface area contributed by atoms with Crippen molar-refractivity contribution in [1.29, 1.82) is 0 Å². The van der Waals surface area contributed by atoms with E-state index in [1.54, 1.807) is 7.11 Å². The van der Waals surface area contributed by atoms with Crippen molar-refractivity contribution in [3.63, 3.8) is 0 Å². The Hall–Kier alpha value is 0.01000. The van der Waals surface area contributed by atoms with E-state index in [4.69, 9.17) is 14.7 Å². The molecule has 0 saturated heterocycles. The fraction of sp³-hybridized carbons (Fsp3) is 1.00. The largest absolute Gasteiger partial charge is 0.381 e. The lowest BCUT2D eigenvalue weighted by Crippen LogP contribution is -2.55. The predicted molar refractivity (Wildman–Crippen MR) is 74.9 cm³/mol. The molecule has 0 aromatic carbocycles. The molecule has 4 rings (SSSR count). The van der Waals surface area contributed by atoms with Crippen LogP contribution in [0.25, 0.3) is 0 Å². The van der Waals surface area contributed by atoms with Gasteiger partial charge in [0.05, 0.1) is 12.7 Å². The summed E-state index contributed by atoms with van der Waals surface area (Å²) in [5.41, 5.74) is 0.0284. The molecule has 0 spiro atoms. The second-order valence-electron chi connectivity index (χ2n) is 7.03. The molecular weight excluding hydrogens is 318 g/mol. The number of methoxy groups -OCH3 is 1. The number of rotatable bonds is 8. The molecule has 4 fully saturated rings. The molecule has 22 heavy (non-hydrogen) atoms. The molecule has 128 valence electrons. The summed E-state index contributed by atoms with van der Waals surface area (Å²) in [6.07, 6.45) is 5.82. The van der Waals surface area contributed by atoms with Crippen LogP contribution in [-0.4, -0.2) is 36.9 Å². The standard InChI is InChI=1S/C14H22F2O5S/c1-18-12-10-2-9-3-11(12)6-13(4-9,5-10)7-19-8-14(15,16)22-21-20-17/h9-12,17H,2-8H2,1H3. The third kappa shape index (κ3) is 3.42. The Bertz CT molecular complexity index is 381. The molecule has 4 saturated carbocycles. The number of alkyl halides is 2. The van der Waals surface area contributed by atoms with Crippen LogP contribution in [0.5, 0.6) is 0 Å². The van der Waals surface area contributed by atoms with Crippen molar-refractivity contribution < 1.29 is 32.9 Å². The zero-order valence-electron chi connectivity index (χ0n) is 12.5. The molecule has 0 radical (unpaired) electrons. The molecule has 0 aromatic rings. The van der Waals surface area contributed by atoms with Crippen molar-refractivity contribution in [3.8, 4) is 0 Å². The van der Waals surface area contributed by atoms with Gasteiger partial charge in [0, 0.05) is 7.11 Å². The first-order valence-electron chi connectivity index (χ1n) is 7.61. The zero-order chi connectivity index (χ0) is 15.8. The van der Waals surface area contributed by atoms with Gasteiger partial charge in [-0.05, 0) is 55.3 Å². The van der Waals surface area contributed by atoms with Crippen molar-refractivity contribution in [1.82, 2.24) is 0 Å². The Morgan fingerprint density at radius 1 is 1.23 bits per heavy atom. The highest BCUT2D eigenvalue weighted by Crippen LogP contribution is 2.60. The van der Waals surface area contributed by atoms with Crippen LogP contribution in [0.1, 0.15) is 32.1 Å². The molecule has 4 aliphatic carbocycles. The van der Waals surface area contributed by atoms with Crippen LogP contribution in [0.2, 0.25) is 0 Å². The van der Waals surface area contributed by atoms with E-state index in [0.717, 1.165) is 19.3 Å². The van der Waals surface area contributed by atoms with E-state index in [2.05, 4.69) is 9.37 Å². The van der Waals surface area contributed by atoms with E-state index in [1.165, 1.54) is 12.8 Å². The third-order valence-electron chi connectivity index (χ3n) is 5.45. The summed E-state index contributed by atoms with van der Waals surface area (Å²) >= 11 is -0.251. The Balaban J connectivity index is 1.53. The lowest BCUT2D eigenvalue weighted by atomic mass is 9.49. The van der Waals surface area contributed by atoms with Crippen LogP contribution in [0.3, 0.4) is 0 Å². The van der Waals surface area contributed by atoms with Gasteiger partial charge >= 0.3 is 5.25 Å². The molecule has 4 aliphatic rings. The lowest BCUT2D eigenvalue weighted by molar-refractivity contribution is -0.433. The lowest BCUT2D eigenvalue weighted by Gasteiger charge is -2.59. The van der Waals surface area contributed by atoms with Gasteiger partial charge in [-0.2, -0.15) is 8.78 Å². The SMILES string of the molecule is COC1C2CC3CC1CC(COCC(F)(F)SOOO)(C3)C2. The fourth-order valence-electron chi connectivity index (χ4n) is 5.18. The second-order valence-corrected chi connectivity index (χ2v) is 7.93. The van der Waals surface area contributed by atoms with Gasteiger partial charge in [0.25, 0.3) is 0 Å². The zero-order valence-corrected chi connectivity index (χ0v) is 13.3. The first-order chi connectivity index (χ1) is 10.5. The van der Waals surface area contributed by atoms with Gasteiger partial charge in [-0.25, -0.2) is 5.26 Å². The summed E-state index contributed by atoms with van der Waals surface area (Å²) in [5.74, 6) is 1.77. The third-order valence-corrected chi connectivity index (χ3v) is 5.94. The Morgan fingerprint density at radius 2 is 1.91 bits per heavy atom. The van der Waals surface area contributed by atoms with Crippen molar-refractivity contribution in [2.45, 2.75) is 43.5 Å². The van der Waals surface area contributed by atoms with E-state index >= 15 is 0 Å². The maximum atomic E-state index is 13.4. The minimum atomic E-state index is -3.25. The maximum Gasteiger partial charge on any atom is 0.343 e. The Kier molecular flexibility index (Phi) is 4.97. The molecule has 0 amide bonds. The van der Waals surface area contributed by atoms with Crippen LogP contribution in [-0.2, 0) is 18.8 Å². The molecule has 0 heterocycles. The van der Waals surface area contributed by atoms with Crippen molar-refractivity contribution in [2.24, 2.45) is 23.2 Å². The average Bonchev–Trinajstić information content (AvgIpc) is 2.44. The molecule has 8 heteroatoms. The van der Waals surface area contributed by atoms with Gasteiger partial charge in [0.1, 0.15) is 18.6 Å².